The maximum Gasteiger partial charge on any atom is 0.0453 e. The molecule has 0 bridgehead atoms. The van der Waals surface area contributed by atoms with Gasteiger partial charge in [-0.2, -0.15) is 0 Å². The third-order valence-corrected chi connectivity index (χ3v) is 4.13. The van der Waals surface area contributed by atoms with Crippen molar-refractivity contribution < 1.29 is 0 Å². The molecule has 112 valence electrons. The molecule has 0 aliphatic carbocycles. The van der Waals surface area contributed by atoms with Gasteiger partial charge in [0.2, 0.25) is 0 Å². The fraction of sp³-hybridized carbons (Fsp3) is 0.333. The van der Waals surface area contributed by atoms with E-state index in [2.05, 4.69) is 68.5 Å². The zero-order valence-electron chi connectivity index (χ0n) is 13.1. The minimum atomic E-state index is 0.210. The van der Waals surface area contributed by atoms with Crippen LogP contribution in [0.15, 0.2) is 48.5 Å². The van der Waals surface area contributed by atoms with Crippen LogP contribution < -0.4 is 10.2 Å². The Morgan fingerprint density at radius 1 is 0.905 bits per heavy atom. The smallest absolute Gasteiger partial charge is 0.0453 e. The lowest BCUT2D eigenvalue weighted by Crippen LogP contribution is -2.22. The molecule has 0 radical (unpaired) electrons. The van der Waals surface area contributed by atoms with Gasteiger partial charge < -0.3 is 10.2 Å². The van der Waals surface area contributed by atoms with Gasteiger partial charge in [0.1, 0.15) is 0 Å². The van der Waals surface area contributed by atoms with E-state index >= 15 is 0 Å². The van der Waals surface area contributed by atoms with Crippen LogP contribution in [0.1, 0.15) is 37.1 Å². The van der Waals surface area contributed by atoms with Gasteiger partial charge in [0.05, 0.1) is 0 Å². The molecule has 0 saturated carbocycles. The van der Waals surface area contributed by atoms with Crippen molar-refractivity contribution in [2.24, 2.45) is 0 Å². The molecule has 21 heavy (non-hydrogen) atoms. The highest BCUT2D eigenvalue weighted by molar-refractivity contribution is 6.31. The van der Waals surface area contributed by atoms with Gasteiger partial charge in [-0.05, 0) is 43.2 Å². The summed E-state index contributed by atoms with van der Waals surface area (Å²) < 4.78 is 0. The Bertz CT molecular complexity index is 578. The van der Waals surface area contributed by atoms with E-state index < -0.39 is 0 Å². The molecule has 2 atom stereocenters. The van der Waals surface area contributed by atoms with Crippen molar-refractivity contribution in [2.75, 3.05) is 19.0 Å². The first-order valence-corrected chi connectivity index (χ1v) is 7.64. The summed E-state index contributed by atoms with van der Waals surface area (Å²) in [4.78, 5) is 2.11. The lowest BCUT2D eigenvalue weighted by molar-refractivity contribution is 0.495. The summed E-state index contributed by atoms with van der Waals surface area (Å²) >= 11 is 6.26. The standard InChI is InChI=1S/C18H23ClN2/c1-13(15-9-11-16(12-10-15)21(3)4)20-14(2)17-7-5-6-8-18(17)19/h5-14,20H,1-4H3/t13-,14-/m1/s1. The first kappa shape index (κ1) is 15.9. The summed E-state index contributed by atoms with van der Waals surface area (Å²) in [6.45, 7) is 4.32. The molecule has 0 heterocycles. The molecular weight excluding hydrogens is 280 g/mol. The lowest BCUT2D eigenvalue weighted by atomic mass is 10.0. The number of anilines is 1. The Hall–Kier alpha value is -1.51. The number of nitrogens with zero attached hydrogens (tertiary/aromatic N) is 1. The van der Waals surface area contributed by atoms with E-state index in [1.165, 1.54) is 11.3 Å². The van der Waals surface area contributed by atoms with Gasteiger partial charge in [0.25, 0.3) is 0 Å². The van der Waals surface area contributed by atoms with Crippen molar-refractivity contribution in [3.05, 3.63) is 64.7 Å². The number of halogens is 1. The number of nitrogens with one attached hydrogen (secondary N) is 1. The SMILES string of the molecule is C[C@@H](N[C@H](C)c1ccccc1Cl)c1ccc(N(C)C)cc1. The fourth-order valence-electron chi connectivity index (χ4n) is 2.45. The molecule has 0 saturated heterocycles. The highest BCUT2D eigenvalue weighted by atomic mass is 35.5. The first-order valence-electron chi connectivity index (χ1n) is 7.27. The number of benzene rings is 2. The van der Waals surface area contributed by atoms with Crippen LogP contribution in [-0.2, 0) is 0 Å². The molecule has 0 aliphatic heterocycles. The largest absolute Gasteiger partial charge is 0.378 e. The van der Waals surface area contributed by atoms with Crippen LogP contribution in [0, 0.1) is 0 Å². The van der Waals surface area contributed by atoms with Crippen LogP contribution >= 0.6 is 11.6 Å². The molecule has 1 N–H and O–H groups in total. The van der Waals surface area contributed by atoms with Crippen molar-refractivity contribution >= 4 is 17.3 Å². The van der Waals surface area contributed by atoms with Crippen molar-refractivity contribution in [3.8, 4) is 0 Å². The Kier molecular flexibility index (Phi) is 5.27. The normalized spacial score (nSPS) is 13.8. The summed E-state index contributed by atoms with van der Waals surface area (Å²) in [5.74, 6) is 0. The average molecular weight is 303 g/mol. The van der Waals surface area contributed by atoms with Gasteiger partial charge in [0.15, 0.2) is 0 Å². The van der Waals surface area contributed by atoms with Crippen molar-refractivity contribution in [2.45, 2.75) is 25.9 Å². The van der Waals surface area contributed by atoms with Crippen LogP contribution in [0.3, 0.4) is 0 Å². The van der Waals surface area contributed by atoms with E-state index in [0.717, 1.165) is 10.6 Å². The van der Waals surface area contributed by atoms with Crippen LogP contribution in [-0.4, -0.2) is 14.1 Å². The van der Waals surface area contributed by atoms with Gasteiger partial charge in [-0.25, -0.2) is 0 Å². The molecule has 0 fully saturated rings. The second kappa shape index (κ2) is 6.97. The molecule has 3 heteroatoms. The number of hydrogen-bond donors (Lipinski definition) is 1. The molecule has 2 aromatic carbocycles. The van der Waals surface area contributed by atoms with Crippen molar-refractivity contribution in [3.63, 3.8) is 0 Å². The number of hydrogen-bond acceptors (Lipinski definition) is 2. The monoisotopic (exact) mass is 302 g/mol. The highest BCUT2D eigenvalue weighted by Gasteiger charge is 2.13. The van der Waals surface area contributed by atoms with Gasteiger partial charge in [0, 0.05) is 36.9 Å². The molecule has 0 aromatic heterocycles. The third kappa shape index (κ3) is 3.99. The first-order chi connectivity index (χ1) is 9.99. The third-order valence-electron chi connectivity index (χ3n) is 3.78. The molecule has 2 aromatic rings. The second-order valence-electron chi connectivity index (χ2n) is 5.62. The maximum absolute atomic E-state index is 6.26. The summed E-state index contributed by atoms with van der Waals surface area (Å²) in [5, 5.41) is 4.42. The summed E-state index contributed by atoms with van der Waals surface area (Å²) in [5.41, 5.74) is 3.63. The van der Waals surface area contributed by atoms with E-state index in [1.54, 1.807) is 0 Å². The Morgan fingerprint density at radius 3 is 2.10 bits per heavy atom. The van der Waals surface area contributed by atoms with Crippen molar-refractivity contribution in [1.82, 2.24) is 5.32 Å². The quantitative estimate of drug-likeness (QED) is 0.852. The van der Waals surface area contributed by atoms with Crippen LogP contribution in [0.4, 0.5) is 5.69 Å². The molecule has 2 rings (SSSR count). The predicted octanol–water partition coefficient (Wildman–Crippen LogP) is 4.82. The molecule has 2 nitrogen and oxygen atoms in total. The van der Waals surface area contributed by atoms with E-state index in [1.807, 2.05) is 18.2 Å². The molecule has 0 aliphatic rings. The van der Waals surface area contributed by atoms with Crippen LogP contribution in [0.2, 0.25) is 5.02 Å². The second-order valence-corrected chi connectivity index (χ2v) is 6.02. The molecular formula is C18H23ClN2. The van der Waals surface area contributed by atoms with E-state index in [0.29, 0.717) is 0 Å². The zero-order valence-corrected chi connectivity index (χ0v) is 13.9. The van der Waals surface area contributed by atoms with Crippen molar-refractivity contribution in [1.29, 1.82) is 0 Å². The van der Waals surface area contributed by atoms with E-state index in [4.69, 9.17) is 11.6 Å². The topological polar surface area (TPSA) is 15.3 Å². The van der Waals surface area contributed by atoms with Gasteiger partial charge in [-0.3, -0.25) is 0 Å². The molecule has 0 amide bonds. The van der Waals surface area contributed by atoms with Gasteiger partial charge in [-0.15, -0.1) is 0 Å². The van der Waals surface area contributed by atoms with Gasteiger partial charge >= 0.3 is 0 Å². The summed E-state index contributed by atoms with van der Waals surface area (Å²) in [6.07, 6.45) is 0. The molecule has 0 spiro atoms. The fourth-order valence-corrected chi connectivity index (χ4v) is 2.75. The number of rotatable bonds is 5. The average Bonchev–Trinajstić information content (AvgIpc) is 2.47. The Balaban J connectivity index is 2.07. The summed E-state index contributed by atoms with van der Waals surface area (Å²) in [7, 11) is 4.10. The van der Waals surface area contributed by atoms with Crippen LogP contribution in [0.5, 0.6) is 0 Å². The van der Waals surface area contributed by atoms with E-state index in [9.17, 15) is 0 Å². The maximum atomic E-state index is 6.26. The zero-order chi connectivity index (χ0) is 15.4. The summed E-state index contributed by atoms with van der Waals surface area (Å²) in [6, 6.07) is 17.1. The Morgan fingerprint density at radius 2 is 1.52 bits per heavy atom. The Labute approximate surface area is 132 Å². The predicted molar refractivity (Wildman–Crippen MR) is 92.2 cm³/mol. The minimum absolute atomic E-state index is 0.210. The van der Waals surface area contributed by atoms with Crippen LogP contribution in [0.25, 0.3) is 0 Å². The lowest BCUT2D eigenvalue weighted by Gasteiger charge is -2.22. The highest BCUT2D eigenvalue weighted by Crippen LogP contribution is 2.25. The minimum Gasteiger partial charge on any atom is -0.378 e. The van der Waals surface area contributed by atoms with Gasteiger partial charge in [-0.1, -0.05) is 41.9 Å². The van der Waals surface area contributed by atoms with E-state index in [-0.39, 0.29) is 12.1 Å². The molecule has 0 unspecified atom stereocenters.